The lowest BCUT2D eigenvalue weighted by atomic mass is 9.79. The molecular weight excluding hydrogens is 585 g/mol. The maximum absolute atomic E-state index is 14.0. The highest BCUT2D eigenvalue weighted by Crippen LogP contribution is 2.64. The quantitative estimate of drug-likeness (QED) is 0.358. The number of aromatic nitrogens is 2. The standard InChI is InChI=1S/C29H41F3N6O4S/c1-37(2)15-14-33-26(39)19-9-12-24(42-4)23(16-19)36-27-34-18-21(29(30,31)32)22(35-27)11-10-20-17-28(20)13-7-6-8-25(28)38(3)43(5,40)41/h9,12,16,18,20,25H,6-8,10-11,13-15,17H2,1-5H3,(H,33,39)(H,34,35,36)/t20?,25-,28+/m1/s1. The van der Waals surface area contributed by atoms with Gasteiger partial charge in [-0.1, -0.05) is 12.8 Å². The van der Waals surface area contributed by atoms with E-state index in [1.807, 2.05) is 19.0 Å². The smallest absolute Gasteiger partial charge is 0.419 e. The molecule has 1 heterocycles. The normalized spacial score (nSPS) is 22.2. The fourth-order valence-electron chi connectivity index (χ4n) is 6.30. The highest BCUT2D eigenvalue weighted by atomic mass is 32.2. The first kappa shape index (κ1) is 32.9. The molecule has 10 nitrogen and oxygen atoms in total. The number of aryl methyl sites for hydroxylation is 1. The van der Waals surface area contributed by atoms with E-state index in [1.54, 1.807) is 25.2 Å². The number of sulfonamides is 1. The van der Waals surface area contributed by atoms with Crippen LogP contribution in [0.4, 0.5) is 24.8 Å². The number of rotatable bonds is 12. The molecule has 1 amide bonds. The number of anilines is 2. The van der Waals surface area contributed by atoms with Gasteiger partial charge in [0.1, 0.15) is 5.75 Å². The lowest BCUT2D eigenvalue weighted by molar-refractivity contribution is -0.138. The molecule has 2 N–H and O–H groups in total. The van der Waals surface area contributed by atoms with E-state index in [0.717, 1.165) is 38.3 Å². The summed E-state index contributed by atoms with van der Waals surface area (Å²) in [5, 5.41) is 5.76. The Morgan fingerprint density at radius 1 is 1.21 bits per heavy atom. The van der Waals surface area contributed by atoms with Gasteiger partial charge in [-0.25, -0.2) is 22.7 Å². The van der Waals surface area contributed by atoms with Gasteiger partial charge in [0.05, 0.1) is 30.3 Å². The lowest BCUT2D eigenvalue weighted by Crippen LogP contribution is -2.45. The van der Waals surface area contributed by atoms with Crippen LogP contribution in [0, 0.1) is 11.3 Å². The maximum Gasteiger partial charge on any atom is 0.419 e. The Hall–Kier alpha value is -2.97. The van der Waals surface area contributed by atoms with E-state index < -0.39 is 21.8 Å². The minimum atomic E-state index is -4.64. The van der Waals surface area contributed by atoms with Crippen LogP contribution >= 0.6 is 0 Å². The molecule has 1 unspecified atom stereocenters. The van der Waals surface area contributed by atoms with Gasteiger partial charge in [-0.15, -0.1) is 0 Å². The third-order valence-corrected chi connectivity index (χ3v) is 10.0. The number of alkyl halides is 3. The van der Waals surface area contributed by atoms with Crippen LogP contribution in [-0.4, -0.2) is 87.1 Å². The third kappa shape index (κ3) is 7.76. The molecule has 2 saturated carbocycles. The van der Waals surface area contributed by atoms with Crippen molar-refractivity contribution < 1.29 is 31.1 Å². The molecule has 43 heavy (non-hydrogen) atoms. The van der Waals surface area contributed by atoms with E-state index in [2.05, 4.69) is 20.6 Å². The van der Waals surface area contributed by atoms with Crippen molar-refractivity contribution in [1.29, 1.82) is 0 Å². The zero-order chi connectivity index (χ0) is 31.6. The number of carbonyl (C=O) groups excluding carboxylic acids is 1. The maximum atomic E-state index is 14.0. The Morgan fingerprint density at radius 2 is 1.95 bits per heavy atom. The number of nitrogens with one attached hydrogen (secondary N) is 2. The minimum Gasteiger partial charge on any atom is -0.495 e. The molecule has 0 radical (unpaired) electrons. The molecule has 0 aliphatic heterocycles. The summed E-state index contributed by atoms with van der Waals surface area (Å²) in [6, 6.07) is 4.58. The molecule has 14 heteroatoms. The fourth-order valence-corrected chi connectivity index (χ4v) is 7.08. The van der Waals surface area contributed by atoms with Crippen molar-refractivity contribution in [3.8, 4) is 5.75 Å². The molecule has 0 saturated heterocycles. The summed E-state index contributed by atoms with van der Waals surface area (Å²) >= 11 is 0. The van der Waals surface area contributed by atoms with Gasteiger partial charge in [0.15, 0.2) is 0 Å². The first-order valence-corrected chi connectivity index (χ1v) is 16.2. The van der Waals surface area contributed by atoms with Gasteiger partial charge in [-0.2, -0.15) is 13.2 Å². The monoisotopic (exact) mass is 626 g/mol. The molecule has 2 aliphatic carbocycles. The van der Waals surface area contributed by atoms with Crippen molar-refractivity contribution in [3.63, 3.8) is 0 Å². The first-order chi connectivity index (χ1) is 20.2. The fraction of sp³-hybridized carbons (Fsp3) is 0.621. The zero-order valence-electron chi connectivity index (χ0n) is 25.3. The second kappa shape index (κ2) is 12.9. The Bertz CT molecular complexity index is 1420. The second-order valence-corrected chi connectivity index (χ2v) is 13.9. The van der Waals surface area contributed by atoms with E-state index in [4.69, 9.17) is 4.74 Å². The van der Waals surface area contributed by atoms with E-state index in [1.165, 1.54) is 17.7 Å². The number of benzene rings is 1. The van der Waals surface area contributed by atoms with Crippen LogP contribution in [0.5, 0.6) is 5.75 Å². The van der Waals surface area contributed by atoms with Crippen molar-refractivity contribution in [2.75, 3.05) is 52.9 Å². The van der Waals surface area contributed by atoms with Crippen LogP contribution in [0.1, 0.15) is 60.1 Å². The predicted molar refractivity (Wildman–Crippen MR) is 158 cm³/mol. The zero-order valence-corrected chi connectivity index (χ0v) is 26.1. The number of halogens is 3. The Labute approximate surface area is 251 Å². The number of hydrogen-bond acceptors (Lipinski definition) is 8. The summed E-state index contributed by atoms with van der Waals surface area (Å²) in [5.74, 6) is 0.122. The van der Waals surface area contributed by atoms with Gasteiger partial charge in [-0.3, -0.25) is 4.79 Å². The molecule has 1 spiro atoms. The average molecular weight is 627 g/mol. The molecule has 4 rings (SSSR count). The number of ether oxygens (including phenoxy) is 1. The van der Waals surface area contributed by atoms with Crippen LogP contribution < -0.4 is 15.4 Å². The number of carbonyl (C=O) groups is 1. The Morgan fingerprint density at radius 3 is 2.60 bits per heavy atom. The summed E-state index contributed by atoms with van der Waals surface area (Å²) < 4.78 is 73.3. The van der Waals surface area contributed by atoms with Gasteiger partial charge in [0, 0.05) is 37.9 Å². The molecule has 2 aliphatic rings. The highest BCUT2D eigenvalue weighted by molar-refractivity contribution is 7.88. The van der Waals surface area contributed by atoms with Crippen LogP contribution in [-0.2, 0) is 22.6 Å². The highest BCUT2D eigenvalue weighted by Gasteiger charge is 2.60. The van der Waals surface area contributed by atoms with Gasteiger partial charge in [0.25, 0.3) is 5.91 Å². The molecule has 1 aromatic heterocycles. The summed E-state index contributed by atoms with van der Waals surface area (Å²) in [6.07, 6.45) is 2.18. The molecule has 3 atom stereocenters. The SMILES string of the molecule is COc1ccc(C(=O)NCCN(C)C)cc1Nc1ncc(C(F)(F)F)c(CCC2C[C@@]23CCCC[C@H]3N(C)S(C)(=O)=O)n1. The van der Waals surface area contributed by atoms with Crippen LogP contribution in [0.3, 0.4) is 0 Å². The van der Waals surface area contributed by atoms with Crippen molar-refractivity contribution in [3.05, 3.63) is 41.2 Å². The van der Waals surface area contributed by atoms with E-state index in [0.29, 0.717) is 36.5 Å². The van der Waals surface area contributed by atoms with E-state index in [-0.39, 0.29) is 41.3 Å². The number of amides is 1. The topological polar surface area (TPSA) is 117 Å². The van der Waals surface area contributed by atoms with Crippen LogP contribution in [0.15, 0.2) is 24.4 Å². The summed E-state index contributed by atoms with van der Waals surface area (Å²) in [4.78, 5) is 22.8. The Kier molecular flexibility index (Phi) is 9.92. The summed E-state index contributed by atoms with van der Waals surface area (Å²) in [6.45, 7) is 1.10. The van der Waals surface area contributed by atoms with Crippen LogP contribution in [0.25, 0.3) is 0 Å². The molecular formula is C29H41F3N6O4S. The first-order valence-electron chi connectivity index (χ1n) is 14.4. The lowest BCUT2D eigenvalue weighted by Gasteiger charge is -2.38. The predicted octanol–water partition coefficient (Wildman–Crippen LogP) is 4.31. The molecule has 2 aromatic rings. The second-order valence-electron chi connectivity index (χ2n) is 11.9. The molecule has 238 valence electrons. The van der Waals surface area contributed by atoms with Crippen molar-refractivity contribution in [2.45, 2.75) is 57.2 Å². The van der Waals surface area contributed by atoms with Gasteiger partial charge in [0.2, 0.25) is 16.0 Å². The number of nitrogens with zero attached hydrogens (tertiary/aromatic N) is 4. The van der Waals surface area contributed by atoms with E-state index in [9.17, 15) is 26.4 Å². The average Bonchev–Trinajstić information content (AvgIpc) is 3.62. The largest absolute Gasteiger partial charge is 0.495 e. The summed E-state index contributed by atoms with van der Waals surface area (Å²) in [5.41, 5.74) is -0.559. The third-order valence-electron chi connectivity index (χ3n) is 8.73. The number of likely N-dealkylation sites (N-methyl/N-ethyl adjacent to an activating group) is 1. The molecule has 2 fully saturated rings. The van der Waals surface area contributed by atoms with Crippen molar-refractivity contribution in [2.24, 2.45) is 11.3 Å². The van der Waals surface area contributed by atoms with Gasteiger partial charge < -0.3 is 20.3 Å². The molecule has 0 bridgehead atoms. The van der Waals surface area contributed by atoms with Crippen LogP contribution in [0.2, 0.25) is 0 Å². The Balaban J connectivity index is 1.53. The minimum absolute atomic E-state index is 0.0515. The number of hydrogen-bond donors (Lipinski definition) is 2. The van der Waals surface area contributed by atoms with Gasteiger partial charge >= 0.3 is 6.18 Å². The van der Waals surface area contributed by atoms with Crippen molar-refractivity contribution >= 4 is 27.6 Å². The summed E-state index contributed by atoms with van der Waals surface area (Å²) in [7, 11) is 3.45. The van der Waals surface area contributed by atoms with Gasteiger partial charge in [-0.05, 0) is 75.7 Å². The number of methoxy groups -OCH3 is 1. The molecule has 1 aromatic carbocycles. The van der Waals surface area contributed by atoms with E-state index >= 15 is 0 Å². The van der Waals surface area contributed by atoms with Crippen molar-refractivity contribution in [1.82, 2.24) is 24.5 Å².